The van der Waals surface area contributed by atoms with Gasteiger partial charge in [0.2, 0.25) is 0 Å². The molecule has 1 aromatic heterocycles. The van der Waals surface area contributed by atoms with E-state index < -0.39 is 5.97 Å². The molecule has 0 aliphatic heterocycles. The van der Waals surface area contributed by atoms with Crippen molar-refractivity contribution < 1.29 is 14.5 Å². The van der Waals surface area contributed by atoms with E-state index in [4.69, 9.17) is 0 Å². The monoisotopic (exact) mass is 280 g/mol. The predicted molar refractivity (Wildman–Crippen MR) is 77.0 cm³/mol. The molecule has 0 amide bonds. The molecule has 0 radical (unpaired) electrons. The summed E-state index contributed by atoms with van der Waals surface area (Å²) in [5.74, 6) is 0.0972. The lowest BCUT2D eigenvalue weighted by molar-refractivity contribution is -0.697. The summed E-state index contributed by atoms with van der Waals surface area (Å²) in [5.41, 5.74) is 0. The Labute approximate surface area is 122 Å². The number of unbranched alkanes of at least 4 members (excludes halogenated alkanes) is 5. The van der Waals surface area contributed by atoms with Crippen LogP contribution in [0.2, 0.25) is 0 Å². The lowest BCUT2D eigenvalue weighted by Crippen LogP contribution is -2.45. The van der Waals surface area contributed by atoms with Crippen LogP contribution in [0.3, 0.4) is 0 Å². The van der Waals surface area contributed by atoms with Crippen molar-refractivity contribution in [1.29, 1.82) is 0 Å². The highest BCUT2D eigenvalue weighted by molar-refractivity contribution is 5.62. The normalized spacial score (nSPS) is 10.9. The van der Waals surface area contributed by atoms with Crippen LogP contribution < -0.4 is 9.67 Å². The zero-order valence-corrected chi connectivity index (χ0v) is 12.9. The van der Waals surface area contributed by atoms with E-state index in [1.165, 1.54) is 32.1 Å². The summed E-state index contributed by atoms with van der Waals surface area (Å²) in [6, 6.07) is 0. The molecule has 114 valence electrons. The van der Waals surface area contributed by atoms with Gasteiger partial charge in [0.15, 0.2) is 0 Å². The van der Waals surface area contributed by atoms with Crippen LogP contribution in [-0.2, 0) is 24.3 Å². The van der Waals surface area contributed by atoms with Crippen LogP contribution in [0.1, 0.15) is 64.6 Å². The standard InChI is InChI=1S/C16H28N2O2/c1-3-5-6-7-8-9-10-15-17(11-4-2)12-13-18(15)14-16(19)20/h12-13H,3-11,14H2,1-2H3. The van der Waals surface area contributed by atoms with Crippen LogP contribution in [0.5, 0.6) is 0 Å². The van der Waals surface area contributed by atoms with Gasteiger partial charge in [0.25, 0.3) is 5.82 Å². The smallest absolute Gasteiger partial charge is 0.256 e. The van der Waals surface area contributed by atoms with Crippen LogP contribution in [0.25, 0.3) is 0 Å². The molecule has 0 aromatic carbocycles. The van der Waals surface area contributed by atoms with Gasteiger partial charge in [0.05, 0.1) is 12.5 Å². The minimum Gasteiger partial charge on any atom is -0.546 e. The second kappa shape index (κ2) is 9.56. The Balaban J connectivity index is 2.51. The highest BCUT2D eigenvalue weighted by Gasteiger charge is 2.16. The van der Waals surface area contributed by atoms with E-state index in [0.717, 1.165) is 31.6 Å². The molecule has 0 unspecified atom stereocenters. The first-order chi connectivity index (χ1) is 9.69. The first kappa shape index (κ1) is 16.7. The van der Waals surface area contributed by atoms with Crippen molar-refractivity contribution in [2.45, 2.75) is 78.3 Å². The van der Waals surface area contributed by atoms with Crippen LogP contribution >= 0.6 is 0 Å². The number of hydrogen-bond donors (Lipinski definition) is 0. The van der Waals surface area contributed by atoms with Crippen molar-refractivity contribution in [3.05, 3.63) is 18.2 Å². The molecule has 1 heterocycles. The Bertz CT molecular complexity index is 399. The number of aliphatic carboxylic acids is 1. The molecule has 0 aliphatic carbocycles. The van der Waals surface area contributed by atoms with E-state index >= 15 is 0 Å². The molecule has 20 heavy (non-hydrogen) atoms. The molecule has 0 saturated heterocycles. The van der Waals surface area contributed by atoms with Crippen LogP contribution in [0, 0.1) is 0 Å². The maximum absolute atomic E-state index is 10.8. The maximum Gasteiger partial charge on any atom is 0.256 e. The van der Waals surface area contributed by atoms with Gasteiger partial charge in [-0.3, -0.25) is 0 Å². The summed E-state index contributed by atoms with van der Waals surface area (Å²) in [5, 5.41) is 10.8. The SMILES string of the molecule is CCCCCCCCc1n(CCC)cc[n+]1CC(=O)[O-]. The summed E-state index contributed by atoms with van der Waals surface area (Å²) in [6.45, 7) is 5.27. The van der Waals surface area contributed by atoms with E-state index in [1.807, 2.05) is 17.0 Å². The van der Waals surface area contributed by atoms with E-state index in [2.05, 4.69) is 18.4 Å². The molecule has 0 N–H and O–H groups in total. The molecule has 0 aliphatic rings. The molecule has 0 fully saturated rings. The molecule has 1 aromatic rings. The number of imidazole rings is 1. The van der Waals surface area contributed by atoms with Gasteiger partial charge < -0.3 is 9.90 Å². The van der Waals surface area contributed by atoms with Gasteiger partial charge in [0.1, 0.15) is 18.9 Å². The number of nitrogens with zero attached hydrogens (tertiary/aromatic N) is 2. The van der Waals surface area contributed by atoms with E-state index in [1.54, 1.807) is 0 Å². The summed E-state index contributed by atoms with van der Waals surface area (Å²) in [6.07, 6.45) is 13.4. The van der Waals surface area contributed by atoms with Crippen molar-refractivity contribution in [2.75, 3.05) is 0 Å². The number of hydrogen-bond acceptors (Lipinski definition) is 2. The molecule has 0 atom stereocenters. The van der Waals surface area contributed by atoms with Crippen LogP contribution in [-0.4, -0.2) is 10.5 Å². The van der Waals surface area contributed by atoms with Gasteiger partial charge in [-0.25, -0.2) is 9.13 Å². The summed E-state index contributed by atoms with van der Waals surface area (Å²) in [4.78, 5) is 10.8. The van der Waals surface area contributed by atoms with Gasteiger partial charge >= 0.3 is 0 Å². The molecule has 0 saturated carbocycles. The zero-order chi connectivity index (χ0) is 14.8. The minimum atomic E-state index is -1.02. The predicted octanol–water partition coefficient (Wildman–Crippen LogP) is 1.84. The average molecular weight is 280 g/mol. The Morgan fingerprint density at radius 3 is 2.50 bits per heavy atom. The van der Waals surface area contributed by atoms with Crippen molar-refractivity contribution in [1.82, 2.24) is 4.57 Å². The third-order valence-electron chi connectivity index (χ3n) is 3.61. The second-order valence-electron chi connectivity index (χ2n) is 5.43. The largest absolute Gasteiger partial charge is 0.546 e. The van der Waals surface area contributed by atoms with Crippen molar-refractivity contribution in [2.24, 2.45) is 0 Å². The Kier molecular flexibility index (Phi) is 8.00. The Morgan fingerprint density at radius 1 is 1.15 bits per heavy atom. The number of rotatable bonds is 11. The fraction of sp³-hybridized carbons (Fsp3) is 0.750. The van der Waals surface area contributed by atoms with Crippen molar-refractivity contribution in [3.63, 3.8) is 0 Å². The van der Waals surface area contributed by atoms with Gasteiger partial charge in [-0.05, 0) is 12.8 Å². The van der Waals surface area contributed by atoms with E-state index in [0.29, 0.717) is 0 Å². The molecular formula is C16H28N2O2. The number of aryl methyl sites for hydroxylation is 1. The summed E-state index contributed by atoms with van der Waals surface area (Å²) >= 11 is 0. The minimum absolute atomic E-state index is 0.0398. The molecule has 0 bridgehead atoms. The lowest BCUT2D eigenvalue weighted by atomic mass is 10.1. The average Bonchev–Trinajstić information content (AvgIpc) is 2.76. The van der Waals surface area contributed by atoms with Crippen LogP contribution in [0.4, 0.5) is 0 Å². The van der Waals surface area contributed by atoms with E-state index in [9.17, 15) is 9.90 Å². The number of aromatic nitrogens is 2. The third kappa shape index (κ3) is 5.76. The second-order valence-corrected chi connectivity index (χ2v) is 5.43. The quantitative estimate of drug-likeness (QED) is 0.459. The van der Waals surface area contributed by atoms with Gasteiger partial charge in [-0.15, -0.1) is 0 Å². The van der Waals surface area contributed by atoms with Gasteiger partial charge in [0, 0.05) is 6.42 Å². The topological polar surface area (TPSA) is 48.9 Å². The Hall–Kier alpha value is -1.32. The lowest BCUT2D eigenvalue weighted by Gasteiger charge is -2.05. The molecule has 0 spiro atoms. The number of carbonyl (C=O) groups is 1. The van der Waals surface area contributed by atoms with Crippen molar-refractivity contribution in [3.8, 4) is 0 Å². The third-order valence-corrected chi connectivity index (χ3v) is 3.61. The summed E-state index contributed by atoms with van der Waals surface area (Å²) in [7, 11) is 0. The fourth-order valence-electron chi connectivity index (χ4n) is 2.58. The van der Waals surface area contributed by atoms with Gasteiger partial charge in [-0.2, -0.15) is 0 Å². The highest BCUT2D eigenvalue weighted by atomic mass is 16.4. The highest BCUT2D eigenvalue weighted by Crippen LogP contribution is 2.09. The fourth-order valence-corrected chi connectivity index (χ4v) is 2.58. The molecule has 4 heteroatoms. The molecule has 4 nitrogen and oxygen atoms in total. The number of carboxylic acid groups (broad SMARTS) is 1. The zero-order valence-electron chi connectivity index (χ0n) is 12.9. The number of carboxylic acids is 1. The van der Waals surface area contributed by atoms with Gasteiger partial charge in [-0.1, -0.05) is 46.0 Å². The van der Waals surface area contributed by atoms with Crippen LogP contribution in [0.15, 0.2) is 12.4 Å². The first-order valence-electron chi connectivity index (χ1n) is 7.96. The molecule has 1 rings (SSSR count). The first-order valence-corrected chi connectivity index (χ1v) is 7.96. The van der Waals surface area contributed by atoms with Crippen molar-refractivity contribution >= 4 is 5.97 Å². The Morgan fingerprint density at radius 2 is 1.85 bits per heavy atom. The molecular weight excluding hydrogens is 252 g/mol. The maximum atomic E-state index is 10.8. The van der Waals surface area contributed by atoms with E-state index in [-0.39, 0.29) is 6.54 Å². The summed E-state index contributed by atoms with van der Waals surface area (Å²) < 4.78 is 3.99. The number of carbonyl (C=O) groups excluding carboxylic acids is 1.